The van der Waals surface area contributed by atoms with Crippen LogP contribution in [0.2, 0.25) is 0 Å². The summed E-state index contributed by atoms with van der Waals surface area (Å²) in [6.07, 6.45) is 5.05. The Labute approximate surface area is 195 Å². The average Bonchev–Trinajstić information content (AvgIpc) is 3.17. The monoisotopic (exact) mass is 475 g/mol. The molecule has 2 aliphatic heterocycles. The van der Waals surface area contributed by atoms with Gasteiger partial charge in [0.05, 0.1) is 15.9 Å². The molecule has 180 valence electrons. The number of likely N-dealkylation sites (tertiary alicyclic amines) is 1. The zero-order valence-electron chi connectivity index (χ0n) is 19.4. The molecule has 2 amide bonds. The first-order valence-corrected chi connectivity index (χ1v) is 13.2. The topological polar surface area (TPSA) is 105 Å². The van der Waals surface area contributed by atoms with Gasteiger partial charge in [0.25, 0.3) is 0 Å². The van der Waals surface area contributed by atoms with Crippen molar-refractivity contribution >= 4 is 32.9 Å². The van der Waals surface area contributed by atoms with Gasteiger partial charge in [-0.15, -0.1) is 0 Å². The van der Waals surface area contributed by atoms with Gasteiger partial charge in [-0.2, -0.15) is 4.31 Å². The van der Waals surface area contributed by atoms with Gasteiger partial charge in [-0.25, -0.2) is 13.4 Å². The SMILES string of the molecule is CNC(=O)C1CCN(C(=O)CCc2nc3cc(S(=O)(=O)N4CCCCC4)ccc3n2C)CC1. The summed E-state index contributed by atoms with van der Waals surface area (Å²) in [5.74, 6) is 0.842. The van der Waals surface area contributed by atoms with Crippen LogP contribution < -0.4 is 5.32 Å². The Bertz CT molecular complexity index is 1130. The molecule has 1 N–H and O–H groups in total. The molecule has 0 bridgehead atoms. The molecule has 0 saturated carbocycles. The summed E-state index contributed by atoms with van der Waals surface area (Å²) in [6.45, 7) is 2.32. The first kappa shape index (κ1) is 23.7. The highest BCUT2D eigenvalue weighted by atomic mass is 32.2. The van der Waals surface area contributed by atoms with Crippen LogP contribution in [0, 0.1) is 5.92 Å². The number of sulfonamides is 1. The molecule has 33 heavy (non-hydrogen) atoms. The van der Waals surface area contributed by atoms with Gasteiger partial charge in [0.15, 0.2) is 0 Å². The van der Waals surface area contributed by atoms with Crippen molar-refractivity contribution in [2.24, 2.45) is 13.0 Å². The molecule has 10 heteroatoms. The van der Waals surface area contributed by atoms with Crippen LogP contribution in [0.4, 0.5) is 0 Å². The molecule has 3 heterocycles. The molecule has 2 aromatic rings. The lowest BCUT2D eigenvalue weighted by molar-refractivity contribution is -0.135. The number of amides is 2. The molecule has 2 aliphatic rings. The number of aryl methyl sites for hydroxylation is 2. The Morgan fingerprint density at radius 3 is 2.45 bits per heavy atom. The predicted molar refractivity (Wildman–Crippen MR) is 125 cm³/mol. The maximum Gasteiger partial charge on any atom is 0.243 e. The number of nitrogens with zero attached hydrogens (tertiary/aromatic N) is 4. The van der Waals surface area contributed by atoms with Crippen LogP contribution in [0.1, 0.15) is 44.3 Å². The van der Waals surface area contributed by atoms with E-state index in [-0.39, 0.29) is 22.6 Å². The molecule has 0 unspecified atom stereocenters. The Kier molecular flexibility index (Phi) is 7.04. The number of imidazole rings is 1. The fourth-order valence-electron chi connectivity index (χ4n) is 4.84. The minimum atomic E-state index is -3.52. The zero-order chi connectivity index (χ0) is 23.6. The highest BCUT2D eigenvalue weighted by molar-refractivity contribution is 7.89. The van der Waals surface area contributed by atoms with Gasteiger partial charge >= 0.3 is 0 Å². The molecule has 0 spiro atoms. The van der Waals surface area contributed by atoms with Crippen molar-refractivity contribution in [3.63, 3.8) is 0 Å². The number of fused-ring (bicyclic) bond motifs is 1. The summed E-state index contributed by atoms with van der Waals surface area (Å²) in [5.41, 5.74) is 1.48. The van der Waals surface area contributed by atoms with Crippen molar-refractivity contribution in [1.82, 2.24) is 24.1 Å². The fraction of sp³-hybridized carbons (Fsp3) is 0.609. The van der Waals surface area contributed by atoms with Gasteiger partial charge in [0, 0.05) is 59.0 Å². The van der Waals surface area contributed by atoms with E-state index in [1.807, 2.05) is 16.5 Å². The van der Waals surface area contributed by atoms with Crippen LogP contribution in [0.5, 0.6) is 0 Å². The highest BCUT2D eigenvalue weighted by Crippen LogP contribution is 2.25. The van der Waals surface area contributed by atoms with Gasteiger partial charge in [-0.05, 0) is 43.9 Å². The largest absolute Gasteiger partial charge is 0.359 e. The maximum absolute atomic E-state index is 13.0. The standard InChI is InChI=1S/C23H33N5O4S/c1-24-23(30)17-10-14-27(15-11-17)22(29)9-8-21-25-19-16-18(6-7-20(19)26(21)2)33(31,32)28-12-4-3-5-13-28/h6-7,16-17H,3-5,8-15H2,1-2H3,(H,24,30). The second-order valence-electron chi connectivity index (χ2n) is 8.97. The van der Waals surface area contributed by atoms with Crippen molar-refractivity contribution in [2.75, 3.05) is 33.2 Å². The summed E-state index contributed by atoms with van der Waals surface area (Å²) in [7, 11) is 0.0181. The molecule has 2 fully saturated rings. The van der Waals surface area contributed by atoms with Gasteiger partial charge in [-0.1, -0.05) is 6.42 Å². The van der Waals surface area contributed by atoms with E-state index in [9.17, 15) is 18.0 Å². The second kappa shape index (κ2) is 9.80. The molecule has 0 atom stereocenters. The number of nitrogens with one attached hydrogen (secondary N) is 1. The number of piperidine rings is 2. The van der Waals surface area contributed by atoms with Gasteiger partial charge in [-0.3, -0.25) is 9.59 Å². The minimum Gasteiger partial charge on any atom is -0.359 e. The Morgan fingerprint density at radius 2 is 1.79 bits per heavy atom. The predicted octanol–water partition coefficient (Wildman–Crippen LogP) is 1.67. The molecule has 1 aromatic carbocycles. The zero-order valence-corrected chi connectivity index (χ0v) is 20.2. The Balaban J connectivity index is 1.42. The second-order valence-corrected chi connectivity index (χ2v) is 10.9. The van der Waals surface area contributed by atoms with Crippen LogP contribution in [-0.2, 0) is 33.1 Å². The highest BCUT2D eigenvalue weighted by Gasteiger charge is 2.28. The number of carbonyl (C=O) groups excluding carboxylic acids is 2. The number of carbonyl (C=O) groups is 2. The van der Waals surface area contributed by atoms with E-state index in [0.717, 1.165) is 30.6 Å². The summed E-state index contributed by atoms with van der Waals surface area (Å²) in [6, 6.07) is 5.10. The number of benzene rings is 1. The summed E-state index contributed by atoms with van der Waals surface area (Å²) in [4.78, 5) is 31.2. The third-order valence-electron chi connectivity index (χ3n) is 6.93. The first-order chi connectivity index (χ1) is 15.8. The maximum atomic E-state index is 13.0. The summed E-state index contributed by atoms with van der Waals surface area (Å²) >= 11 is 0. The van der Waals surface area contributed by atoms with E-state index in [2.05, 4.69) is 10.3 Å². The van der Waals surface area contributed by atoms with Crippen LogP contribution in [0.25, 0.3) is 11.0 Å². The van der Waals surface area contributed by atoms with Gasteiger partial charge < -0.3 is 14.8 Å². The molecular formula is C23H33N5O4S. The van der Waals surface area contributed by atoms with Crippen molar-refractivity contribution in [3.05, 3.63) is 24.0 Å². The van der Waals surface area contributed by atoms with Crippen molar-refractivity contribution < 1.29 is 18.0 Å². The Morgan fingerprint density at radius 1 is 1.09 bits per heavy atom. The van der Waals surface area contributed by atoms with Crippen molar-refractivity contribution in [2.45, 2.75) is 49.8 Å². The lowest BCUT2D eigenvalue weighted by atomic mass is 9.96. The molecule has 9 nitrogen and oxygen atoms in total. The summed E-state index contributed by atoms with van der Waals surface area (Å²) < 4.78 is 29.5. The molecular weight excluding hydrogens is 442 g/mol. The third kappa shape index (κ3) is 4.91. The summed E-state index contributed by atoms with van der Waals surface area (Å²) in [5, 5.41) is 2.68. The van der Waals surface area contributed by atoms with Crippen molar-refractivity contribution in [1.29, 1.82) is 0 Å². The van der Waals surface area contributed by atoms with E-state index < -0.39 is 10.0 Å². The first-order valence-electron chi connectivity index (χ1n) is 11.8. The average molecular weight is 476 g/mol. The number of hydrogen-bond acceptors (Lipinski definition) is 5. The van der Waals surface area contributed by atoms with Crippen molar-refractivity contribution in [3.8, 4) is 0 Å². The van der Waals surface area contributed by atoms with E-state index in [1.165, 1.54) is 0 Å². The normalized spacial score (nSPS) is 18.5. The van der Waals surface area contributed by atoms with E-state index in [0.29, 0.717) is 57.4 Å². The lowest BCUT2D eigenvalue weighted by Crippen LogP contribution is -2.42. The minimum absolute atomic E-state index is 0.0192. The van der Waals surface area contributed by atoms with Gasteiger partial charge in [0.1, 0.15) is 5.82 Å². The number of hydrogen-bond donors (Lipinski definition) is 1. The number of aromatic nitrogens is 2. The van der Waals surface area contributed by atoms with E-state index in [4.69, 9.17) is 0 Å². The lowest BCUT2D eigenvalue weighted by Gasteiger charge is -2.31. The molecule has 0 radical (unpaired) electrons. The molecule has 0 aliphatic carbocycles. The molecule has 4 rings (SSSR count). The quantitative estimate of drug-likeness (QED) is 0.684. The number of rotatable bonds is 6. The van der Waals surface area contributed by atoms with Crippen LogP contribution in [0.3, 0.4) is 0 Å². The molecule has 2 saturated heterocycles. The van der Waals surface area contributed by atoms with Gasteiger partial charge in [0.2, 0.25) is 21.8 Å². The van der Waals surface area contributed by atoms with Crippen LogP contribution in [0.15, 0.2) is 23.1 Å². The van der Waals surface area contributed by atoms with Crippen LogP contribution in [-0.4, -0.2) is 72.2 Å². The molecule has 1 aromatic heterocycles. The van der Waals surface area contributed by atoms with E-state index in [1.54, 1.807) is 29.6 Å². The third-order valence-corrected chi connectivity index (χ3v) is 8.82. The fourth-order valence-corrected chi connectivity index (χ4v) is 6.38. The van der Waals surface area contributed by atoms with Crippen LogP contribution >= 0.6 is 0 Å². The van der Waals surface area contributed by atoms with E-state index >= 15 is 0 Å². The Hall–Kier alpha value is -2.46. The smallest absolute Gasteiger partial charge is 0.243 e.